The van der Waals surface area contributed by atoms with Crippen LogP contribution in [0.2, 0.25) is 5.02 Å². The summed E-state index contributed by atoms with van der Waals surface area (Å²) < 4.78 is 32.0. The molecule has 1 N–H and O–H groups in total. The molecule has 2 nitrogen and oxygen atoms in total. The first kappa shape index (κ1) is 14.6. The van der Waals surface area contributed by atoms with Gasteiger partial charge in [-0.3, -0.25) is 0 Å². The number of benzene rings is 2. The Hall–Kier alpha value is -1.81. The Bertz CT molecular complexity index is 619. The third kappa shape index (κ3) is 3.20. The Kier molecular flexibility index (Phi) is 4.45. The number of halogens is 3. The molecule has 1 unspecified atom stereocenters. The molecule has 0 aliphatic heterocycles. The normalized spacial score (nSPS) is 12.1. The van der Waals surface area contributed by atoms with Gasteiger partial charge in [-0.2, -0.15) is 0 Å². The Morgan fingerprint density at radius 3 is 2.60 bits per heavy atom. The SMILES string of the molecule is COc1cc(NC(C)c2cc(F)ccc2F)ccc1Cl. The first-order valence-corrected chi connectivity index (χ1v) is 6.44. The lowest BCUT2D eigenvalue weighted by molar-refractivity contribution is 0.415. The van der Waals surface area contributed by atoms with Crippen molar-refractivity contribution in [1.29, 1.82) is 0 Å². The van der Waals surface area contributed by atoms with Crippen LogP contribution in [-0.4, -0.2) is 7.11 Å². The van der Waals surface area contributed by atoms with Crippen LogP contribution in [0.5, 0.6) is 5.75 Å². The van der Waals surface area contributed by atoms with Gasteiger partial charge in [0.05, 0.1) is 18.2 Å². The number of nitrogens with one attached hydrogen (secondary N) is 1. The summed E-state index contributed by atoms with van der Waals surface area (Å²) in [6.07, 6.45) is 0. The van der Waals surface area contributed by atoms with Gasteiger partial charge in [-0.25, -0.2) is 8.78 Å². The molecular weight excluding hydrogens is 284 g/mol. The zero-order valence-corrected chi connectivity index (χ0v) is 11.8. The van der Waals surface area contributed by atoms with E-state index in [-0.39, 0.29) is 5.56 Å². The van der Waals surface area contributed by atoms with Crippen molar-refractivity contribution in [1.82, 2.24) is 0 Å². The van der Waals surface area contributed by atoms with Gasteiger partial charge in [0.2, 0.25) is 0 Å². The molecule has 0 aromatic heterocycles. The van der Waals surface area contributed by atoms with Crippen molar-refractivity contribution in [2.75, 3.05) is 12.4 Å². The summed E-state index contributed by atoms with van der Waals surface area (Å²) in [5.41, 5.74) is 0.973. The van der Waals surface area contributed by atoms with E-state index in [0.717, 1.165) is 12.1 Å². The number of hydrogen-bond donors (Lipinski definition) is 1. The molecule has 20 heavy (non-hydrogen) atoms. The Morgan fingerprint density at radius 1 is 1.15 bits per heavy atom. The maximum Gasteiger partial charge on any atom is 0.139 e. The molecule has 0 bridgehead atoms. The fourth-order valence-electron chi connectivity index (χ4n) is 1.92. The number of ether oxygens (including phenoxy) is 1. The lowest BCUT2D eigenvalue weighted by Gasteiger charge is -2.17. The van der Waals surface area contributed by atoms with Gasteiger partial charge < -0.3 is 10.1 Å². The molecule has 0 saturated carbocycles. The predicted octanol–water partition coefficient (Wildman–Crippen LogP) is 4.80. The smallest absolute Gasteiger partial charge is 0.139 e. The van der Waals surface area contributed by atoms with Crippen molar-refractivity contribution in [2.45, 2.75) is 13.0 Å². The molecule has 5 heteroatoms. The molecule has 0 radical (unpaired) electrons. The highest BCUT2D eigenvalue weighted by molar-refractivity contribution is 6.32. The summed E-state index contributed by atoms with van der Waals surface area (Å²) in [7, 11) is 1.51. The van der Waals surface area contributed by atoms with Gasteiger partial charge in [0.1, 0.15) is 17.4 Å². The maximum absolute atomic E-state index is 13.7. The molecule has 2 aromatic carbocycles. The average Bonchev–Trinajstić information content (AvgIpc) is 2.43. The van der Waals surface area contributed by atoms with Gasteiger partial charge in [-0.1, -0.05) is 11.6 Å². The molecule has 0 aliphatic rings. The maximum atomic E-state index is 13.7. The van der Waals surface area contributed by atoms with Crippen LogP contribution in [0.4, 0.5) is 14.5 Å². The Morgan fingerprint density at radius 2 is 1.90 bits per heavy atom. The third-order valence-electron chi connectivity index (χ3n) is 2.96. The van der Waals surface area contributed by atoms with Crippen LogP contribution in [0.25, 0.3) is 0 Å². The van der Waals surface area contributed by atoms with Gasteiger partial charge in [0.25, 0.3) is 0 Å². The van der Waals surface area contributed by atoms with E-state index in [0.29, 0.717) is 16.5 Å². The van der Waals surface area contributed by atoms with Crippen LogP contribution < -0.4 is 10.1 Å². The number of rotatable bonds is 4. The lowest BCUT2D eigenvalue weighted by Crippen LogP contribution is -2.09. The molecule has 0 spiro atoms. The van der Waals surface area contributed by atoms with Crippen LogP contribution in [0, 0.1) is 11.6 Å². The molecule has 0 heterocycles. The van der Waals surface area contributed by atoms with Crippen molar-refractivity contribution in [2.24, 2.45) is 0 Å². The molecule has 0 amide bonds. The fourth-order valence-corrected chi connectivity index (χ4v) is 2.12. The van der Waals surface area contributed by atoms with E-state index in [1.54, 1.807) is 25.1 Å². The van der Waals surface area contributed by atoms with E-state index < -0.39 is 17.7 Å². The minimum Gasteiger partial charge on any atom is -0.495 e. The van der Waals surface area contributed by atoms with Crippen molar-refractivity contribution < 1.29 is 13.5 Å². The van der Waals surface area contributed by atoms with Crippen molar-refractivity contribution in [3.05, 3.63) is 58.6 Å². The predicted molar refractivity (Wildman–Crippen MR) is 76.4 cm³/mol. The summed E-state index contributed by atoms with van der Waals surface area (Å²) in [5, 5.41) is 3.57. The highest BCUT2D eigenvalue weighted by Gasteiger charge is 2.12. The summed E-state index contributed by atoms with van der Waals surface area (Å²) in [4.78, 5) is 0. The van der Waals surface area contributed by atoms with Crippen molar-refractivity contribution >= 4 is 17.3 Å². The zero-order valence-electron chi connectivity index (χ0n) is 11.1. The molecule has 0 aliphatic carbocycles. The van der Waals surface area contributed by atoms with E-state index in [9.17, 15) is 8.78 Å². The van der Waals surface area contributed by atoms with E-state index in [1.165, 1.54) is 13.2 Å². The fraction of sp³-hybridized carbons (Fsp3) is 0.200. The van der Waals surface area contributed by atoms with Gasteiger partial charge in [-0.15, -0.1) is 0 Å². The van der Waals surface area contributed by atoms with E-state index in [1.807, 2.05) is 0 Å². The monoisotopic (exact) mass is 297 g/mol. The zero-order chi connectivity index (χ0) is 14.7. The quantitative estimate of drug-likeness (QED) is 0.875. The van der Waals surface area contributed by atoms with Crippen LogP contribution >= 0.6 is 11.6 Å². The largest absolute Gasteiger partial charge is 0.495 e. The molecule has 1 atom stereocenters. The summed E-state index contributed by atoms with van der Waals surface area (Å²) >= 11 is 5.93. The average molecular weight is 298 g/mol. The number of methoxy groups -OCH3 is 1. The van der Waals surface area contributed by atoms with E-state index >= 15 is 0 Å². The van der Waals surface area contributed by atoms with E-state index in [2.05, 4.69) is 5.32 Å². The van der Waals surface area contributed by atoms with Gasteiger partial charge >= 0.3 is 0 Å². The summed E-state index contributed by atoms with van der Waals surface area (Å²) in [5.74, 6) is -0.403. The molecule has 0 saturated heterocycles. The van der Waals surface area contributed by atoms with Crippen LogP contribution in [0.15, 0.2) is 36.4 Å². The Labute approximate surface area is 121 Å². The van der Waals surface area contributed by atoms with E-state index in [4.69, 9.17) is 16.3 Å². The van der Waals surface area contributed by atoms with Crippen LogP contribution in [-0.2, 0) is 0 Å². The van der Waals surface area contributed by atoms with Crippen molar-refractivity contribution in [3.63, 3.8) is 0 Å². The molecule has 2 aromatic rings. The third-order valence-corrected chi connectivity index (χ3v) is 3.27. The summed E-state index contributed by atoms with van der Waals surface area (Å²) in [6.45, 7) is 1.75. The summed E-state index contributed by atoms with van der Waals surface area (Å²) in [6, 6.07) is 8.13. The molecule has 106 valence electrons. The lowest BCUT2D eigenvalue weighted by atomic mass is 10.1. The van der Waals surface area contributed by atoms with Crippen molar-refractivity contribution in [3.8, 4) is 5.75 Å². The second-order valence-electron chi connectivity index (χ2n) is 4.38. The van der Waals surface area contributed by atoms with Gasteiger partial charge in [0, 0.05) is 17.3 Å². The highest BCUT2D eigenvalue weighted by atomic mass is 35.5. The molecular formula is C15H14ClF2NO. The second-order valence-corrected chi connectivity index (χ2v) is 4.79. The molecule has 0 fully saturated rings. The minimum absolute atomic E-state index is 0.263. The number of anilines is 1. The topological polar surface area (TPSA) is 21.3 Å². The van der Waals surface area contributed by atoms with Gasteiger partial charge in [0.15, 0.2) is 0 Å². The molecule has 2 rings (SSSR count). The minimum atomic E-state index is -0.469. The second kappa shape index (κ2) is 6.09. The standard InChI is InChI=1S/C15H14ClF2NO/c1-9(12-7-10(17)3-6-14(12)18)19-11-4-5-13(16)15(8-11)20-2/h3-9,19H,1-2H3. The van der Waals surface area contributed by atoms with Gasteiger partial charge in [-0.05, 0) is 37.3 Å². The first-order valence-electron chi connectivity index (χ1n) is 6.06. The first-order chi connectivity index (χ1) is 9.51. The highest BCUT2D eigenvalue weighted by Crippen LogP contribution is 2.30. The number of hydrogen-bond acceptors (Lipinski definition) is 2. The van der Waals surface area contributed by atoms with Crippen LogP contribution in [0.1, 0.15) is 18.5 Å². The Balaban J connectivity index is 2.23. The van der Waals surface area contributed by atoms with Crippen LogP contribution in [0.3, 0.4) is 0 Å².